The normalized spacial score (nSPS) is 14.9. The molecule has 0 radical (unpaired) electrons. The van der Waals surface area contributed by atoms with Crippen LogP contribution in [0, 0.1) is 0 Å². The number of rotatable bonds is 10. The number of hydrogen-bond donors (Lipinski definition) is 1. The van der Waals surface area contributed by atoms with Crippen LogP contribution >= 0.6 is 23.2 Å². The molecule has 2 aromatic carbocycles. The van der Waals surface area contributed by atoms with Crippen molar-refractivity contribution >= 4 is 35.0 Å². The lowest BCUT2D eigenvalue weighted by Gasteiger charge is -2.32. The topological polar surface area (TPSA) is 58.6 Å². The summed E-state index contributed by atoms with van der Waals surface area (Å²) >= 11 is 12.3. The summed E-state index contributed by atoms with van der Waals surface area (Å²) in [6, 6.07) is 12.5. The van der Waals surface area contributed by atoms with Gasteiger partial charge in [0.15, 0.2) is 6.61 Å². The molecular formula is C27H34Cl2N2O3. The van der Waals surface area contributed by atoms with E-state index < -0.39 is 6.04 Å². The smallest absolute Gasteiger partial charge is 0.261 e. The highest BCUT2D eigenvalue weighted by Gasteiger charge is 2.30. The zero-order chi connectivity index (χ0) is 24.5. The van der Waals surface area contributed by atoms with Crippen LogP contribution < -0.4 is 10.1 Å². The van der Waals surface area contributed by atoms with Crippen molar-refractivity contribution in [3.63, 3.8) is 0 Å². The average molecular weight is 505 g/mol. The van der Waals surface area contributed by atoms with Gasteiger partial charge >= 0.3 is 0 Å². The predicted octanol–water partition coefficient (Wildman–Crippen LogP) is 6.19. The minimum Gasteiger partial charge on any atom is -0.484 e. The second-order valence-corrected chi connectivity index (χ2v) is 9.64. The van der Waals surface area contributed by atoms with Crippen LogP contribution in [-0.2, 0) is 22.6 Å². The number of carbonyl (C=O) groups is 2. The van der Waals surface area contributed by atoms with Crippen LogP contribution in [0.4, 0.5) is 0 Å². The van der Waals surface area contributed by atoms with Crippen LogP contribution in [0.2, 0.25) is 10.0 Å². The molecule has 1 saturated carbocycles. The summed E-state index contributed by atoms with van der Waals surface area (Å²) in [5.74, 6) is 0.256. The van der Waals surface area contributed by atoms with Crippen molar-refractivity contribution in [3.8, 4) is 5.75 Å². The standard InChI is InChI=1S/C27H34Cl2N2O3/c1-3-19-10-13-22(14-11-19)34-18-26(32)31(17-20-12-15-23(28)24(29)16-20)25(4-2)27(33)30-21-8-6-5-7-9-21/h10-16,21,25H,3-9,17-18H2,1-2H3,(H,30,33)/t25-/m0/s1. The highest BCUT2D eigenvalue weighted by atomic mass is 35.5. The molecule has 5 nitrogen and oxygen atoms in total. The Labute approximate surface area is 212 Å². The van der Waals surface area contributed by atoms with E-state index >= 15 is 0 Å². The average Bonchev–Trinajstić information content (AvgIpc) is 2.85. The van der Waals surface area contributed by atoms with E-state index in [1.165, 1.54) is 12.0 Å². The Kier molecular flexibility index (Phi) is 10.1. The van der Waals surface area contributed by atoms with Crippen molar-refractivity contribution in [2.45, 2.75) is 77.4 Å². The van der Waals surface area contributed by atoms with Crippen LogP contribution in [0.5, 0.6) is 5.75 Å². The molecule has 0 unspecified atom stereocenters. The number of nitrogens with zero attached hydrogens (tertiary/aromatic N) is 1. The molecule has 184 valence electrons. The molecule has 0 bridgehead atoms. The third-order valence-corrected chi connectivity index (χ3v) is 7.11. The number of halogens is 2. The highest BCUT2D eigenvalue weighted by Crippen LogP contribution is 2.25. The summed E-state index contributed by atoms with van der Waals surface area (Å²) in [5, 5.41) is 4.04. The third kappa shape index (κ3) is 7.38. The molecule has 2 amide bonds. The highest BCUT2D eigenvalue weighted by molar-refractivity contribution is 6.42. The second-order valence-electron chi connectivity index (χ2n) is 8.82. The fourth-order valence-electron chi connectivity index (χ4n) is 4.35. The van der Waals surface area contributed by atoms with Crippen LogP contribution in [0.25, 0.3) is 0 Å². The molecule has 0 heterocycles. The predicted molar refractivity (Wildman–Crippen MR) is 137 cm³/mol. The first kappa shape index (κ1) is 26.4. The Morgan fingerprint density at radius 2 is 1.68 bits per heavy atom. The van der Waals surface area contributed by atoms with Crippen LogP contribution in [-0.4, -0.2) is 35.4 Å². The molecule has 2 aromatic rings. The summed E-state index contributed by atoms with van der Waals surface area (Å²) in [5.41, 5.74) is 2.00. The lowest BCUT2D eigenvalue weighted by atomic mass is 9.95. The van der Waals surface area contributed by atoms with Crippen molar-refractivity contribution in [3.05, 3.63) is 63.6 Å². The van der Waals surface area contributed by atoms with Gasteiger partial charge in [0.05, 0.1) is 10.0 Å². The SMILES string of the molecule is CCc1ccc(OCC(=O)N(Cc2ccc(Cl)c(Cl)c2)[C@@H](CC)C(=O)NC2CCCCC2)cc1. The first-order valence-corrected chi connectivity index (χ1v) is 12.9. The number of aryl methyl sites for hydroxylation is 1. The van der Waals surface area contributed by atoms with Gasteiger partial charge in [-0.2, -0.15) is 0 Å². The Morgan fingerprint density at radius 3 is 2.29 bits per heavy atom. The lowest BCUT2D eigenvalue weighted by Crippen LogP contribution is -2.52. The van der Waals surface area contributed by atoms with Gasteiger partial charge < -0.3 is 15.0 Å². The molecule has 3 rings (SSSR count). The van der Waals surface area contributed by atoms with Crippen molar-refractivity contribution in [2.24, 2.45) is 0 Å². The number of benzene rings is 2. The maximum absolute atomic E-state index is 13.4. The van der Waals surface area contributed by atoms with Crippen molar-refractivity contribution < 1.29 is 14.3 Å². The molecule has 1 atom stereocenters. The van der Waals surface area contributed by atoms with Gasteiger partial charge in [0.1, 0.15) is 11.8 Å². The van der Waals surface area contributed by atoms with Crippen molar-refractivity contribution in [1.29, 1.82) is 0 Å². The Morgan fingerprint density at radius 1 is 1.00 bits per heavy atom. The molecule has 1 aliphatic carbocycles. The van der Waals surface area contributed by atoms with E-state index in [4.69, 9.17) is 27.9 Å². The van der Waals surface area contributed by atoms with Gasteiger partial charge in [-0.1, -0.05) is 74.5 Å². The van der Waals surface area contributed by atoms with E-state index in [1.54, 1.807) is 17.0 Å². The van der Waals surface area contributed by atoms with Gasteiger partial charge in [0, 0.05) is 12.6 Å². The molecule has 7 heteroatoms. The van der Waals surface area contributed by atoms with E-state index in [1.807, 2.05) is 37.3 Å². The molecule has 1 N–H and O–H groups in total. The van der Waals surface area contributed by atoms with Crippen molar-refractivity contribution in [2.75, 3.05) is 6.61 Å². The fourth-order valence-corrected chi connectivity index (χ4v) is 4.67. The second kappa shape index (κ2) is 13.0. The maximum Gasteiger partial charge on any atom is 0.261 e. The zero-order valence-electron chi connectivity index (χ0n) is 20.0. The van der Waals surface area contributed by atoms with Gasteiger partial charge in [-0.25, -0.2) is 0 Å². The summed E-state index contributed by atoms with van der Waals surface area (Å²) in [4.78, 5) is 28.2. The summed E-state index contributed by atoms with van der Waals surface area (Å²) in [6.45, 7) is 4.10. The van der Waals surface area contributed by atoms with Gasteiger partial charge in [0.25, 0.3) is 5.91 Å². The fraction of sp³-hybridized carbons (Fsp3) is 0.481. The minimum absolute atomic E-state index is 0.116. The van der Waals surface area contributed by atoms with Gasteiger partial charge in [-0.15, -0.1) is 0 Å². The molecule has 0 saturated heterocycles. The van der Waals surface area contributed by atoms with Crippen LogP contribution in [0.1, 0.15) is 63.5 Å². The number of nitrogens with one attached hydrogen (secondary N) is 1. The first-order chi connectivity index (χ1) is 16.4. The van der Waals surface area contributed by atoms with E-state index in [9.17, 15) is 9.59 Å². The summed E-state index contributed by atoms with van der Waals surface area (Å²) in [6.07, 6.45) is 6.86. The van der Waals surface area contributed by atoms with E-state index in [0.29, 0.717) is 22.2 Å². The molecule has 1 aliphatic rings. The number of hydrogen-bond acceptors (Lipinski definition) is 3. The van der Waals surface area contributed by atoms with Gasteiger partial charge in [0.2, 0.25) is 5.91 Å². The maximum atomic E-state index is 13.4. The van der Waals surface area contributed by atoms with E-state index in [2.05, 4.69) is 12.2 Å². The molecule has 34 heavy (non-hydrogen) atoms. The number of amides is 2. The number of carbonyl (C=O) groups excluding carboxylic acids is 2. The number of ether oxygens (including phenoxy) is 1. The van der Waals surface area contributed by atoms with Gasteiger partial charge in [-0.3, -0.25) is 9.59 Å². The van der Waals surface area contributed by atoms with Crippen molar-refractivity contribution in [1.82, 2.24) is 10.2 Å². The largest absolute Gasteiger partial charge is 0.484 e. The van der Waals surface area contributed by atoms with E-state index in [-0.39, 0.29) is 31.0 Å². The Balaban J connectivity index is 1.76. The molecule has 0 aliphatic heterocycles. The first-order valence-electron chi connectivity index (χ1n) is 12.2. The molecule has 0 spiro atoms. The molecule has 0 aromatic heterocycles. The quantitative estimate of drug-likeness (QED) is 0.419. The zero-order valence-corrected chi connectivity index (χ0v) is 21.5. The van der Waals surface area contributed by atoms with Gasteiger partial charge in [-0.05, 0) is 61.1 Å². The monoisotopic (exact) mass is 504 g/mol. The van der Waals surface area contributed by atoms with Crippen LogP contribution in [0.15, 0.2) is 42.5 Å². The third-order valence-electron chi connectivity index (χ3n) is 6.37. The Hall–Kier alpha value is -2.24. The van der Waals surface area contributed by atoms with Crippen LogP contribution in [0.3, 0.4) is 0 Å². The summed E-state index contributed by atoms with van der Waals surface area (Å²) < 4.78 is 5.78. The van der Waals surface area contributed by atoms with E-state index in [0.717, 1.165) is 37.7 Å². The Bertz CT molecular complexity index is 959. The molecule has 1 fully saturated rings. The molecular weight excluding hydrogens is 471 g/mol. The minimum atomic E-state index is -0.602. The summed E-state index contributed by atoms with van der Waals surface area (Å²) in [7, 11) is 0. The lowest BCUT2D eigenvalue weighted by molar-refractivity contribution is -0.143.